The number of hydrogen-bond donors (Lipinski definition) is 1. The molecule has 1 aromatic heterocycles. The Balaban J connectivity index is 1.75. The molecule has 0 unspecified atom stereocenters. The van der Waals surface area contributed by atoms with Crippen molar-refractivity contribution in [3.8, 4) is 0 Å². The molecule has 0 amide bonds. The maximum atomic E-state index is 4.43. The Morgan fingerprint density at radius 3 is 2.56 bits per heavy atom. The van der Waals surface area contributed by atoms with Crippen LogP contribution in [0.4, 0.5) is 5.69 Å². The highest BCUT2D eigenvalue weighted by molar-refractivity contribution is 5.81. The fourth-order valence-corrected chi connectivity index (χ4v) is 2.01. The van der Waals surface area contributed by atoms with E-state index in [9.17, 15) is 0 Å². The highest BCUT2D eigenvalue weighted by atomic mass is 14.7. The van der Waals surface area contributed by atoms with E-state index < -0.39 is 0 Å². The molecule has 2 nitrogen and oxygen atoms in total. The Kier molecular flexibility index (Phi) is 2.92. The minimum absolute atomic E-state index is 0.823. The number of H-pyrrole nitrogens is 1. The maximum Gasteiger partial charge on any atom is 0.0625 e. The van der Waals surface area contributed by atoms with Crippen molar-refractivity contribution in [1.82, 2.24) is 4.98 Å². The zero-order chi connectivity index (χ0) is 12.2. The molecule has 0 radical (unpaired) electrons. The van der Waals surface area contributed by atoms with Crippen molar-refractivity contribution < 1.29 is 0 Å². The van der Waals surface area contributed by atoms with Gasteiger partial charge < -0.3 is 4.98 Å². The summed E-state index contributed by atoms with van der Waals surface area (Å²) in [6.07, 6.45) is 2.77. The van der Waals surface area contributed by atoms with E-state index in [2.05, 4.69) is 34.2 Å². The van der Waals surface area contributed by atoms with Crippen LogP contribution in [0.5, 0.6) is 0 Å². The number of hydrogen-bond acceptors (Lipinski definition) is 1. The first-order chi connectivity index (χ1) is 8.92. The minimum Gasteiger partial charge on any atom is -0.358 e. The number of benzene rings is 2. The van der Waals surface area contributed by atoms with Gasteiger partial charge >= 0.3 is 0 Å². The van der Waals surface area contributed by atoms with Crippen molar-refractivity contribution in [3.05, 3.63) is 66.4 Å². The molecule has 0 saturated heterocycles. The average molecular weight is 234 g/mol. The largest absolute Gasteiger partial charge is 0.358 e. The van der Waals surface area contributed by atoms with Gasteiger partial charge in [-0.15, -0.1) is 0 Å². The maximum absolute atomic E-state index is 4.43. The molecule has 1 N–H and O–H groups in total. The Bertz CT molecular complexity index is 633. The second-order valence-electron chi connectivity index (χ2n) is 4.23. The third-order valence-electron chi connectivity index (χ3n) is 2.89. The number of aliphatic imine (C=N–C) groups is 1. The lowest BCUT2D eigenvalue weighted by molar-refractivity contribution is 1.23. The molecule has 0 aliphatic carbocycles. The van der Waals surface area contributed by atoms with Crippen LogP contribution in [0, 0.1) is 0 Å². The van der Waals surface area contributed by atoms with Gasteiger partial charge in [0.05, 0.1) is 5.69 Å². The lowest BCUT2D eigenvalue weighted by Crippen LogP contribution is -1.84. The number of nitrogens with one attached hydrogen (secondary N) is 1. The van der Waals surface area contributed by atoms with Crippen LogP contribution in [0.3, 0.4) is 0 Å². The molecule has 0 bridgehead atoms. The number of fused-ring (bicyclic) bond motifs is 1. The fourth-order valence-electron chi connectivity index (χ4n) is 2.01. The van der Waals surface area contributed by atoms with E-state index in [4.69, 9.17) is 0 Å². The van der Waals surface area contributed by atoms with Gasteiger partial charge in [-0.3, -0.25) is 4.99 Å². The van der Waals surface area contributed by atoms with Crippen LogP contribution in [0.25, 0.3) is 10.9 Å². The Morgan fingerprint density at radius 2 is 1.72 bits per heavy atom. The van der Waals surface area contributed by atoms with Crippen molar-refractivity contribution in [2.45, 2.75) is 6.42 Å². The summed E-state index contributed by atoms with van der Waals surface area (Å²) in [5.41, 5.74) is 3.37. The molecule has 3 rings (SSSR count). The Morgan fingerprint density at radius 1 is 0.944 bits per heavy atom. The van der Waals surface area contributed by atoms with Gasteiger partial charge in [0.2, 0.25) is 0 Å². The van der Waals surface area contributed by atoms with E-state index in [1.165, 1.54) is 16.6 Å². The lowest BCUT2D eigenvalue weighted by atomic mass is 10.2. The van der Waals surface area contributed by atoms with Crippen molar-refractivity contribution in [2.24, 2.45) is 4.99 Å². The highest BCUT2D eigenvalue weighted by Gasteiger charge is 1.97. The van der Waals surface area contributed by atoms with Gasteiger partial charge in [0.1, 0.15) is 0 Å². The summed E-state index contributed by atoms with van der Waals surface area (Å²) in [6.45, 7) is 0. The second-order valence-corrected chi connectivity index (χ2v) is 4.23. The van der Waals surface area contributed by atoms with E-state index in [0.717, 1.165) is 12.1 Å². The van der Waals surface area contributed by atoms with Crippen LogP contribution >= 0.6 is 0 Å². The predicted molar refractivity (Wildman–Crippen MR) is 76.6 cm³/mol. The first kappa shape index (κ1) is 10.8. The zero-order valence-corrected chi connectivity index (χ0v) is 10.0. The molecule has 88 valence electrons. The summed E-state index contributed by atoms with van der Waals surface area (Å²) in [5.74, 6) is 0. The number of nitrogens with zero attached hydrogens (tertiary/aromatic N) is 1. The smallest absolute Gasteiger partial charge is 0.0625 e. The van der Waals surface area contributed by atoms with E-state index in [1.807, 2.05) is 42.6 Å². The topological polar surface area (TPSA) is 28.1 Å². The van der Waals surface area contributed by atoms with Gasteiger partial charge in [-0.1, -0.05) is 36.4 Å². The lowest BCUT2D eigenvalue weighted by Gasteiger charge is -1.91. The molecular weight excluding hydrogens is 220 g/mol. The third kappa shape index (κ3) is 2.33. The van der Waals surface area contributed by atoms with Crippen molar-refractivity contribution in [1.29, 1.82) is 0 Å². The van der Waals surface area contributed by atoms with E-state index in [0.29, 0.717) is 0 Å². The molecule has 1 heterocycles. The molecule has 0 spiro atoms. The van der Waals surface area contributed by atoms with Crippen LogP contribution in [0.1, 0.15) is 5.69 Å². The average Bonchev–Trinajstić information content (AvgIpc) is 2.82. The van der Waals surface area contributed by atoms with Gasteiger partial charge in [-0.05, 0) is 29.7 Å². The van der Waals surface area contributed by atoms with E-state index in [1.54, 1.807) is 0 Å². The SMILES string of the molecule is C(Cc1cc2ccccc2[nH]1)=Nc1ccccc1. The molecule has 0 fully saturated rings. The van der Waals surface area contributed by atoms with Gasteiger partial charge in [-0.2, -0.15) is 0 Å². The van der Waals surface area contributed by atoms with E-state index >= 15 is 0 Å². The minimum atomic E-state index is 0.823. The normalized spacial score (nSPS) is 11.3. The number of aromatic amines is 1. The molecule has 0 aliphatic heterocycles. The van der Waals surface area contributed by atoms with Gasteiger partial charge in [0, 0.05) is 23.8 Å². The third-order valence-corrected chi connectivity index (χ3v) is 2.89. The van der Waals surface area contributed by atoms with Crippen molar-refractivity contribution in [2.75, 3.05) is 0 Å². The first-order valence-corrected chi connectivity index (χ1v) is 6.06. The summed E-state index contributed by atoms with van der Waals surface area (Å²) in [5, 5.41) is 1.25. The van der Waals surface area contributed by atoms with Crippen molar-refractivity contribution in [3.63, 3.8) is 0 Å². The van der Waals surface area contributed by atoms with Crippen LogP contribution in [0.15, 0.2) is 65.7 Å². The molecule has 0 aliphatic rings. The first-order valence-electron chi connectivity index (χ1n) is 6.06. The molecule has 2 aromatic carbocycles. The summed E-state index contributed by atoms with van der Waals surface area (Å²) in [7, 11) is 0. The van der Waals surface area contributed by atoms with Gasteiger partial charge in [-0.25, -0.2) is 0 Å². The molecule has 0 saturated carbocycles. The molecular formula is C16H14N2. The molecule has 3 aromatic rings. The summed E-state index contributed by atoms with van der Waals surface area (Å²) in [6, 6.07) is 20.5. The molecule has 0 atom stereocenters. The summed E-state index contributed by atoms with van der Waals surface area (Å²) >= 11 is 0. The van der Waals surface area contributed by atoms with Crippen LogP contribution < -0.4 is 0 Å². The predicted octanol–water partition coefficient (Wildman–Crippen LogP) is 4.11. The number of rotatable bonds is 3. The van der Waals surface area contributed by atoms with Crippen LogP contribution in [0.2, 0.25) is 0 Å². The number of para-hydroxylation sites is 2. The quantitative estimate of drug-likeness (QED) is 0.660. The monoisotopic (exact) mass is 234 g/mol. The molecule has 18 heavy (non-hydrogen) atoms. The van der Waals surface area contributed by atoms with E-state index in [-0.39, 0.29) is 0 Å². The van der Waals surface area contributed by atoms with Crippen molar-refractivity contribution >= 4 is 22.8 Å². The standard InChI is InChI=1S/C16H14N2/c1-2-7-14(8-3-1)17-11-10-15-12-13-6-4-5-9-16(13)18-15/h1-9,11-12,18H,10H2. The zero-order valence-electron chi connectivity index (χ0n) is 10.0. The molecule has 2 heteroatoms. The van der Waals surface area contributed by atoms with Crippen LogP contribution in [-0.2, 0) is 6.42 Å². The van der Waals surface area contributed by atoms with Gasteiger partial charge in [0.25, 0.3) is 0 Å². The highest BCUT2D eigenvalue weighted by Crippen LogP contribution is 2.15. The Hall–Kier alpha value is -2.35. The second kappa shape index (κ2) is 4.88. The van der Waals surface area contributed by atoms with Crippen LogP contribution in [-0.4, -0.2) is 11.2 Å². The summed E-state index contributed by atoms with van der Waals surface area (Å²) < 4.78 is 0. The fraction of sp³-hybridized carbons (Fsp3) is 0.0625. The number of aromatic nitrogens is 1. The van der Waals surface area contributed by atoms with Gasteiger partial charge in [0.15, 0.2) is 0 Å². The summed E-state index contributed by atoms with van der Waals surface area (Å²) in [4.78, 5) is 7.82. The Labute approximate surface area is 106 Å².